The Kier molecular flexibility index (Phi) is 5.74. The Hall–Kier alpha value is -3.08. The van der Waals surface area contributed by atoms with Crippen LogP contribution in [0.15, 0.2) is 36.4 Å². The normalized spacial score (nSPS) is 14.4. The maximum Gasteiger partial charge on any atom is 0.283 e. The molecule has 0 saturated carbocycles. The van der Waals surface area contributed by atoms with Crippen molar-refractivity contribution in [1.29, 1.82) is 0 Å². The number of rotatable bonds is 7. The van der Waals surface area contributed by atoms with Gasteiger partial charge in [0.25, 0.3) is 5.54 Å². The van der Waals surface area contributed by atoms with Crippen LogP contribution in [-0.2, 0) is 5.54 Å². The van der Waals surface area contributed by atoms with E-state index in [-0.39, 0.29) is 0 Å². The van der Waals surface area contributed by atoms with Gasteiger partial charge in [-0.2, -0.15) is 0 Å². The smallest absolute Gasteiger partial charge is 0.283 e. The number of benzene rings is 2. The summed E-state index contributed by atoms with van der Waals surface area (Å²) in [6.07, 6.45) is -3.33. The molecule has 144 valence electrons. The lowest BCUT2D eigenvalue weighted by Gasteiger charge is -2.29. The first-order valence-corrected chi connectivity index (χ1v) is 7.43. The molecular weight excluding hydrogens is 376 g/mol. The lowest BCUT2D eigenvalue weighted by atomic mass is 9.79. The van der Waals surface area contributed by atoms with Gasteiger partial charge >= 0.3 is 0 Å². The minimum atomic E-state index is -2.82. The van der Waals surface area contributed by atoms with Gasteiger partial charge in [0.1, 0.15) is 23.3 Å². The lowest BCUT2D eigenvalue weighted by Crippen LogP contribution is -2.43. The molecule has 2 aromatic rings. The van der Waals surface area contributed by atoms with E-state index in [0.717, 1.165) is 0 Å². The van der Waals surface area contributed by atoms with Crippen LogP contribution in [0.25, 0.3) is 0 Å². The third-order valence-corrected chi connectivity index (χ3v) is 4.02. The van der Waals surface area contributed by atoms with Gasteiger partial charge in [-0.05, 0) is 29.8 Å². The molecule has 0 bridgehead atoms. The van der Waals surface area contributed by atoms with Gasteiger partial charge in [0, 0.05) is 27.5 Å². The molecule has 11 heteroatoms. The monoisotopic (exact) mass is 388 g/mol. The van der Waals surface area contributed by atoms with Crippen molar-refractivity contribution in [2.45, 2.75) is 18.1 Å². The second-order valence-corrected chi connectivity index (χ2v) is 5.75. The van der Waals surface area contributed by atoms with Crippen LogP contribution in [0, 0.1) is 43.5 Å². The van der Waals surface area contributed by atoms with Crippen molar-refractivity contribution in [2.24, 2.45) is 0 Å². The van der Waals surface area contributed by atoms with Gasteiger partial charge in [0.05, 0.1) is 6.42 Å². The van der Waals surface area contributed by atoms with Crippen LogP contribution in [0.5, 0.6) is 0 Å². The van der Waals surface area contributed by atoms with Gasteiger partial charge in [0.15, 0.2) is 6.10 Å². The number of aliphatic hydroxyl groups excluding tert-OH is 1. The first-order chi connectivity index (χ1) is 12.6. The fourth-order valence-corrected chi connectivity index (χ4v) is 2.81. The van der Waals surface area contributed by atoms with Gasteiger partial charge in [-0.3, -0.25) is 20.2 Å². The summed E-state index contributed by atoms with van der Waals surface area (Å²) in [5, 5.41) is 33.1. The predicted molar refractivity (Wildman–Crippen MR) is 82.8 cm³/mol. The molecule has 2 rings (SSSR count). The summed E-state index contributed by atoms with van der Waals surface area (Å²) in [6.45, 7) is -1.05. The second kappa shape index (κ2) is 7.66. The van der Waals surface area contributed by atoms with Crippen LogP contribution < -0.4 is 0 Å². The molecule has 2 unspecified atom stereocenters. The molecule has 0 radical (unpaired) electrons. The van der Waals surface area contributed by atoms with Crippen molar-refractivity contribution in [3.63, 3.8) is 0 Å². The van der Waals surface area contributed by atoms with Gasteiger partial charge in [-0.1, -0.05) is 0 Å². The Labute approximate surface area is 149 Å². The van der Waals surface area contributed by atoms with Crippen LogP contribution in [-0.4, -0.2) is 21.5 Å². The number of aliphatic hydroxyl groups is 1. The summed E-state index contributed by atoms with van der Waals surface area (Å²) in [4.78, 5) is 20.5. The van der Waals surface area contributed by atoms with Crippen LogP contribution in [0.4, 0.5) is 17.6 Å². The Bertz CT molecular complexity index is 855. The molecule has 2 atom stereocenters. The highest BCUT2D eigenvalue weighted by molar-refractivity contribution is 5.31. The molecule has 0 aliphatic heterocycles. The van der Waals surface area contributed by atoms with E-state index < -0.39 is 68.9 Å². The van der Waals surface area contributed by atoms with E-state index in [1.54, 1.807) is 0 Å². The number of halogens is 4. The SMILES string of the molecule is O=[N+]([O-])CCC(c1cc(F)cc(F)c1)(C(O)c1cc(F)cc(F)c1)[N+](=O)[O-]. The molecule has 2 aromatic carbocycles. The van der Waals surface area contributed by atoms with E-state index in [1.165, 1.54) is 0 Å². The second-order valence-electron chi connectivity index (χ2n) is 5.75. The van der Waals surface area contributed by atoms with Gasteiger partial charge in [-0.25, -0.2) is 17.6 Å². The lowest BCUT2D eigenvalue weighted by molar-refractivity contribution is -0.606. The van der Waals surface area contributed by atoms with Crippen molar-refractivity contribution in [1.82, 2.24) is 0 Å². The fraction of sp³-hybridized carbons (Fsp3) is 0.250. The van der Waals surface area contributed by atoms with Crippen LogP contribution in [0.2, 0.25) is 0 Å². The van der Waals surface area contributed by atoms with Crippen molar-refractivity contribution < 1.29 is 32.5 Å². The minimum absolute atomic E-state index is 0.413. The predicted octanol–water partition coefficient (Wildman–Crippen LogP) is 3.12. The quantitative estimate of drug-likeness (QED) is 0.446. The maximum absolute atomic E-state index is 13.6. The molecule has 27 heavy (non-hydrogen) atoms. The van der Waals surface area contributed by atoms with E-state index >= 15 is 0 Å². The summed E-state index contributed by atoms with van der Waals surface area (Å²) in [5.74, 6) is -4.79. The summed E-state index contributed by atoms with van der Waals surface area (Å²) < 4.78 is 54.2. The zero-order valence-electron chi connectivity index (χ0n) is 13.4. The first-order valence-electron chi connectivity index (χ1n) is 7.43. The van der Waals surface area contributed by atoms with E-state index in [0.29, 0.717) is 36.4 Å². The highest BCUT2D eigenvalue weighted by Gasteiger charge is 2.54. The Balaban J connectivity index is 2.73. The van der Waals surface area contributed by atoms with E-state index in [2.05, 4.69) is 0 Å². The minimum Gasteiger partial charge on any atom is -0.380 e. The molecule has 0 amide bonds. The molecule has 0 heterocycles. The highest BCUT2D eigenvalue weighted by atomic mass is 19.1. The maximum atomic E-state index is 13.6. The largest absolute Gasteiger partial charge is 0.380 e. The Morgan fingerprint density at radius 2 is 1.33 bits per heavy atom. The first kappa shape index (κ1) is 20.2. The average Bonchev–Trinajstić information content (AvgIpc) is 2.52. The van der Waals surface area contributed by atoms with E-state index in [1.807, 2.05) is 0 Å². The Morgan fingerprint density at radius 1 is 0.889 bits per heavy atom. The number of hydrogen-bond acceptors (Lipinski definition) is 5. The summed E-state index contributed by atoms with van der Waals surface area (Å²) in [5.41, 5.74) is -4.16. The van der Waals surface area contributed by atoms with Crippen molar-refractivity contribution >= 4 is 0 Å². The zero-order chi connectivity index (χ0) is 20.4. The number of nitro groups is 2. The van der Waals surface area contributed by atoms with E-state index in [4.69, 9.17) is 0 Å². The molecule has 7 nitrogen and oxygen atoms in total. The molecular formula is C16H12F4N2O5. The van der Waals surface area contributed by atoms with Crippen LogP contribution >= 0.6 is 0 Å². The standard InChI is InChI=1S/C16H12F4N2O5/c17-11-3-9(4-12(18)7-11)15(23)16(22(26)27,1-2-21(24)25)10-5-13(19)8-14(20)6-10/h3-8,15,23H,1-2H2. The fourth-order valence-electron chi connectivity index (χ4n) is 2.81. The van der Waals surface area contributed by atoms with Crippen LogP contribution in [0.3, 0.4) is 0 Å². The molecule has 1 N–H and O–H groups in total. The average molecular weight is 388 g/mol. The zero-order valence-corrected chi connectivity index (χ0v) is 13.4. The molecule has 0 spiro atoms. The van der Waals surface area contributed by atoms with Gasteiger partial charge in [-0.15, -0.1) is 0 Å². The summed E-state index contributed by atoms with van der Waals surface area (Å²) in [6, 6.07) is 3.11. The molecule has 0 aliphatic rings. The topological polar surface area (TPSA) is 107 Å². The Morgan fingerprint density at radius 3 is 1.74 bits per heavy atom. The van der Waals surface area contributed by atoms with E-state index in [9.17, 15) is 42.9 Å². The summed E-state index contributed by atoms with van der Waals surface area (Å²) >= 11 is 0. The summed E-state index contributed by atoms with van der Waals surface area (Å²) in [7, 11) is 0. The molecule has 0 aliphatic carbocycles. The van der Waals surface area contributed by atoms with Crippen molar-refractivity contribution in [3.05, 3.63) is 91.0 Å². The number of hydrogen-bond donors (Lipinski definition) is 1. The third-order valence-electron chi connectivity index (χ3n) is 4.02. The molecule has 0 aromatic heterocycles. The van der Waals surface area contributed by atoms with Gasteiger partial charge in [0.2, 0.25) is 6.54 Å². The van der Waals surface area contributed by atoms with Crippen LogP contribution in [0.1, 0.15) is 23.7 Å². The van der Waals surface area contributed by atoms with Crippen molar-refractivity contribution in [3.8, 4) is 0 Å². The van der Waals surface area contributed by atoms with Crippen molar-refractivity contribution in [2.75, 3.05) is 6.54 Å². The third kappa shape index (κ3) is 4.19. The number of nitrogens with zero attached hydrogens (tertiary/aromatic N) is 2. The molecule has 0 saturated heterocycles. The molecule has 0 fully saturated rings. The van der Waals surface area contributed by atoms with Gasteiger partial charge < -0.3 is 5.11 Å². The highest BCUT2D eigenvalue weighted by Crippen LogP contribution is 2.42.